The second kappa shape index (κ2) is 13.9. The van der Waals surface area contributed by atoms with Crippen molar-refractivity contribution < 1.29 is 24.2 Å². The second-order valence-electron chi connectivity index (χ2n) is 9.61. The van der Waals surface area contributed by atoms with Gasteiger partial charge in [-0.25, -0.2) is 9.67 Å². The number of aliphatic hydroxyl groups excluding tert-OH is 1. The predicted molar refractivity (Wildman–Crippen MR) is 156 cm³/mol. The van der Waals surface area contributed by atoms with Gasteiger partial charge in [-0.15, -0.1) is 0 Å². The zero-order chi connectivity index (χ0) is 29.3. The number of aliphatic hydroxyl groups is 1. The van der Waals surface area contributed by atoms with Gasteiger partial charge < -0.3 is 30.1 Å². The van der Waals surface area contributed by atoms with Crippen molar-refractivity contribution in [2.75, 3.05) is 48.4 Å². The first-order valence-electron chi connectivity index (χ1n) is 13.6. The van der Waals surface area contributed by atoms with Gasteiger partial charge in [-0.2, -0.15) is 5.10 Å². The molecule has 0 unspecified atom stereocenters. The van der Waals surface area contributed by atoms with E-state index in [1.54, 1.807) is 42.2 Å². The Hall–Kier alpha value is -3.96. The minimum Gasteiger partial charge on any atom is -0.487 e. The molecule has 1 fully saturated rings. The molecular formula is C29H40N6O5. The molecule has 1 aromatic carbocycles. The molecule has 11 nitrogen and oxygen atoms in total. The number of rotatable bonds is 5. The largest absolute Gasteiger partial charge is 0.487 e. The molecule has 0 spiro atoms. The fourth-order valence-corrected chi connectivity index (χ4v) is 4.39. The number of benzene rings is 1. The van der Waals surface area contributed by atoms with Gasteiger partial charge in [0, 0.05) is 63.1 Å². The van der Waals surface area contributed by atoms with E-state index >= 15 is 0 Å². The molecule has 5 rings (SSSR count). The molecule has 1 saturated heterocycles. The lowest BCUT2D eigenvalue weighted by Crippen LogP contribution is -2.36. The Labute approximate surface area is 235 Å². The summed E-state index contributed by atoms with van der Waals surface area (Å²) in [6.07, 6.45) is 4.04. The predicted octanol–water partition coefficient (Wildman–Crippen LogP) is 4.05. The lowest BCUT2D eigenvalue weighted by Gasteiger charge is -2.31. The number of amides is 2. The number of ether oxygens (including phenoxy) is 2. The SMILES string of the molecule is CC.CC(=O)Nc1cc(-n2ccc(C(=O)Nc3cc4c(cc3N3CCOCC3)OC(C)(C)C4)n2)ccn1.CCO. The number of carbonyl (C=O) groups is 2. The van der Waals surface area contributed by atoms with Crippen LogP contribution in [0.15, 0.2) is 42.7 Å². The lowest BCUT2D eigenvalue weighted by molar-refractivity contribution is -0.114. The van der Waals surface area contributed by atoms with Gasteiger partial charge in [0.05, 0.1) is 30.3 Å². The van der Waals surface area contributed by atoms with Crippen molar-refractivity contribution in [2.24, 2.45) is 0 Å². The summed E-state index contributed by atoms with van der Waals surface area (Å²) in [4.78, 5) is 30.9. The van der Waals surface area contributed by atoms with Crippen molar-refractivity contribution in [3.8, 4) is 11.4 Å². The van der Waals surface area contributed by atoms with Crippen LogP contribution >= 0.6 is 0 Å². The fourth-order valence-electron chi connectivity index (χ4n) is 4.39. The first-order valence-corrected chi connectivity index (χ1v) is 13.6. The maximum Gasteiger partial charge on any atom is 0.276 e. The molecule has 0 saturated carbocycles. The van der Waals surface area contributed by atoms with Crippen molar-refractivity contribution in [1.82, 2.24) is 14.8 Å². The van der Waals surface area contributed by atoms with Gasteiger partial charge in [-0.05, 0) is 39.0 Å². The first kappa shape index (κ1) is 30.6. The van der Waals surface area contributed by atoms with Crippen molar-refractivity contribution in [2.45, 2.75) is 53.6 Å². The number of hydrogen-bond acceptors (Lipinski definition) is 8. The normalized spacial score (nSPS) is 14.9. The van der Waals surface area contributed by atoms with Crippen molar-refractivity contribution in [3.05, 3.63) is 54.0 Å². The van der Waals surface area contributed by atoms with Crippen LogP contribution in [0.4, 0.5) is 17.2 Å². The average Bonchev–Trinajstić information content (AvgIpc) is 3.54. The highest BCUT2D eigenvalue weighted by Gasteiger charge is 2.32. The molecule has 2 aliphatic heterocycles. The van der Waals surface area contributed by atoms with Crippen LogP contribution in [0, 0.1) is 0 Å². The Morgan fingerprint density at radius 3 is 2.48 bits per heavy atom. The summed E-state index contributed by atoms with van der Waals surface area (Å²) in [6.45, 7) is 14.2. The molecule has 0 bridgehead atoms. The van der Waals surface area contributed by atoms with Gasteiger partial charge in [0.2, 0.25) is 5.91 Å². The van der Waals surface area contributed by atoms with Crippen LogP contribution in [0.1, 0.15) is 57.6 Å². The quantitative estimate of drug-likeness (QED) is 0.432. The van der Waals surface area contributed by atoms with E-state index in [2.05, 4.69) is 39.5 Å². The second-order valence-corrected chi connectivity index (χ2v) is 9.61. The number of aromatic nitrogens is 3. The molecule has 11 heteroatoms. The molecule has 0 aliphatic carbocycles. The van der Waals surface area contributed by atoms with Gasteiger partial charge in [0.1, 0.15) is 17.2 Å². The average molecular weight is 553 g/mol. The number of anilines is 3. The van der Waals surface area contributed by atoms with Crippen LogP contribution < -0.4 is 20.3 Å². The third kappa shape index (κ3) is 7.80. The van der Waals surface area contributed by atoms with Gasteiger partial charge in [-0.3, -0.25) is 9.59 Å². The van der Waals surface area contributed by atoms with Crippen LogP contribution in [0.2, 0.25) is 0 Å². The smallest absolute Gasteiger partial charge is 0.276 e. The Morgan fingerprint density at radius 1 is 1.10 bits per heavy atom. The van der Waals surface area contributed by atoms with Gasteiger partial charge in [0.25, 0.3) is 5.91 Å². The molecule has 216 valence electrons. The monoisotopic (exact) mass is 552 g/mol. The van der Waals surface area contributed by atoms with Crippen LogP contribution in [-0.2, 0) is 16.0 Å². The summed E-state index contributed by atoms with van der Waals surface area (Å²) < 4.78 is 13.2. The number of fused-ring (bicyclic) bond motifs is 1. The number of nitrogens with zero attached hydrogens (tertiary/aromatic N) is 4. The van der Waals surface area contributed by atoms with E-state index in [9.17, 15) is 9.59 Å². The van der Waals surface area contributed by atoms with E-state index < -0.39 is 0 Å². The highest BCUT2D eigenvalue weighted by Crippen LogP contribution is 2.42. The molecule has 40 heavy (non-hydrogen) atoms. The number of morpholine rings is 1. The molecule has 3 aromatic rings. The topological polar surface area (TPSA) is 131 Å². The van der Waals surface area contributed by atoms with E-state index in [0.717, 1.165) is 42.2 Å². The molecule has 2 aromatic heterocycles. The summed E-state index contributed by atoms with van der Waals surface area (Å²) in [5, 5.41) is 17.7. The summed E-state index contributed by atoms with van der Waals surface area (Å²) in [6, 6.07) is 9.12. The van der Waals surface area contributed by atoms with Crippen molar-refractivity contribution in [3.63, 3.8) is 0 Å². The Bertz CT molecular complexity index is 1300. The minimum absolute atomic E-state index is 0.214. The highest BCUT2D eigenvalue weighted by molar-refractivity contribution is 6.05. The maximum absolute atomic E-state index is 13.2. The van der Waals surface area contributed by atoms with Gasteiger partial charge >= 0.3 is 0 Å². The molecule has 0 atom stereocenters. The van der Waals surface area contributed by atoms with Crippen LogP contribution in [0.25, 0.3) is 5.69 Å². The zero-order valence-corrected chi connectivity index (χ0v) is 24.2. The number of hydrogen-bond donors (Lipinski definition) is 3. The van der Waals surface area contributed by atoms with Gasteiger partial charge in [0.15, 0.2) is 5.69 Å². The number of pyridine rings is 1. The van der Waals surface area contributed by atoms with Crippen molar-refractivity contribution in [1.29, 1.82) is 0 Å². The van der Waals surface area contributed by atoms with Crippen LogP contribution in [-0.4, -0.2) is 70.2 Å². The van der Waals surface area contributed by atoms with E-state index in [1.807, 2.05) is 26.0 Å². The minimum atomic E-state index is -0.312. The Morgan fingerprint density at radius 2 is 1.80 bits per heavy atom. The zero-order valence-electron chi connectivity index (χ0n) is 24.2. The molecular weight excluding hydrogens is 512 g/mol. The maximum atomic E-state index is 13.2. The Balaban J connectivity index is 0.000000827. The number of nitrogens with one attached hydrogen (secondary N) is 2. The van der Waals surface area contributed by atoms with E-state index in [4.69, 9.17) is 14.6 Å². The van der Waals surface area contributed by atoms with Crippen molar-refractivity contribution >= 4 is 29.0 Å². The first-order chi connectivity index (χ1) is 19.2. The molecule has 4 heterocycles. The number of carbonyl (C=O) groups excluding carboxylic acids is 2. The fraction of sp³-hybridized carbons (Fsp3) is 0.448. The van der Waals surface area contributed by atoms with E-state index in [0.29, 0.717) is 24.7 Å². The molecule has 2 aliphatic rings. The Kier molecular flexibility index (Phi) is 10.6. The molecule has 0 radical (unpaired) electrons. The summed E-state index contributed by atoms with van der Waals surface area (Å²) >= 11 is 0. The van der Waals surface area contributed by atoms with Gasteiger partial charge in [-0.1, -0.05) is 13.8 Å². The van der Waals surface area contributed by atoms with Crippen LogP contribution in [0.5, 0.6) is 5.75 Å². The standard InChI is InChI=1S/C25H28N6O4.C2H6O.C2H6/c1-16(32)27-23-13-18(4-6-26-23)31-7-5-19(29-31)24(33)28-20-12-17-15-25(2,3)35-22(17)14-21(20)30-8-10-34-11-9-30;1-2-3;1-2/h4-7,12-14H,8-11,15H2,1-3H3,(H,28,33)(H,26,27,32);3H,2H2,1H3;1-2H3. The third-order valence-corrected chi connectivity index (χ3v) is 5.92. The molecule has 3 N–H and O–H groups in total. The third-order valence-electron chi connectivity index (χ3n) is 5.92. The highest BCUT2D eigenvalue weighted by atomic mass is 16.5. The lowest BCUT2D eigenvalue weighted by atomic mass is 10.0. The summed E-state index contributed by atoms with van der Waals surface area (Å²) in [5.74, 6) is 0.739. The molecule has 2 amide bonds. The summed E-state index contributed by atoms with van der Waals surface area (Å²) in [7, 11) is 0. The van der Waals surface area contributed by atoms with E-state index in [-0.39, 0.29) is 29.7 Å². The van der Waals surface area contributed by atoms with Crippen LogP contribution in [0.3, 0.4) is 0 Å². The summed E-state index contributed by atoms with van der Waals surface area (Å²) in [5.41, 5.74) is 3.36. The van der Waals surface area contributed by atoms with E-state index in [1.165, 1.54) is 6.92 Å².